The second kappa shape index (κ2) is 6.45. The largest absolute Gasteiger partial charge is 0.482 e. The van der Waals surface area contributed by atoms with Crippen LogP contribution in [0.4, 0.5) is 0 Å². The van der Waals surface area contributed by atoms with Crippen LogP contribution in [0.1, 0.15) is 20.8 Å². The van der Waals surface area contributed by atoms with Gasteiger partial charge in [-0.15, -0.1) is 0 Å². The van der Waals surface area contributed by atoms with E-state index in [1.807, 2.05) is 6.92 Å². The SMILES string of the molecule is CC(C)C(C)NC(=O)COc1ccc(Cl)nc1. The van der Waals surface area contributed by atoms with Crippen molar-refractivity contribution in [3.63, 3.8) is 0 Å². The normalized spacial score (nSPS) is 12.3. The van der Waals surface area contributed by atoms with Crippen LogP contribution in [0.2, 0.25) is 5.15 Å². The van der Waals surface area contributed by atoms with Gasteiger partial charge in [-0.25, -0.2) is 4.98 Å². The summed E-state index contributed by atoms with van der Waals surface area (Å²) in [4.78, 5) is 15.4. The van der Waals surface area contributed by atoms with Crippen molar-refractivity contribution in [3.8, 4) is 5.75 Å². The number of carbonyl (C=O) groups is 1. The molecule has 17 heavy (non-hydrogen) atoms. The molecule has 5 heteroatoms. The number of hydrogen-bond donors (Lipinski definition) is 1. The van der Waals surface area contributed by atoms with Gasteiger partial charge in [0.2, 0.25) is 0 Å². The molecule has 0 aliphatic carbocycles. The van der Waals surface area contributed by atoms with Crippen molar-refractivity contribution < 1.29 is 9.53 Å². The lowest BCUT2D eigenvalue weighted by Gasteiger charge is -2.17. The number of ether oxygens (including phenoxy) is 1. The molecule has 1 unspecified atom stereocenters. The van der Waals surface area contributed by atoms with Crippen molar-refractivity contribution in [2.75, 3.05) is 6.61 Å². The molecular weight excluding hydrogens is 240 g/mol. The molecule has 0 aliphatic rings. The summed E-state index contributed by atoms with van der Waals surface area (Å²) in [6.45, 7) is 6.05. The molecule has 1 atom stereocenters. The van der Waals surface area contributed by atoms with Crippen LogP contribution in [0.15, 0.2) is 18.3 Å². The number of amides is 1. The molecule has 0 fully saturated rings. The average molecular weight is 257 g/mol. The van der Waals surface area contributed by atoms with Gasteiger partial charge in [0, 0.05) is 6.04 Å². The third-order valence-electron chi connectivity index (χ3n) is 2.46. The Hall–Kier alpha value is -1.29. The molecule has 0 radical (unpaired) electrons. The zero-order chi connectivity index (χ0) is 12.8. The van der Waals surface area contributed by atoms with Gasteiger partial charge in [0.15, 0.2) is 6.61 Å². The molecular formula is C12H17ClN2O2. The van der Waals surface area contributed by atoms with E-state index in [4.69, 9.17) is 16.3 Å². The number of nitrogens with one attached hydrogen (secondary N) is 1. The number of aromatic nitrogens is 1. The minimum Gasteiger partial charge on any atom is -0.482 e. The highest BCUT2D eigenvalue weighted by molar-refractivity contribution is 6.29. The van der Waals surface area contributed by atoms with Crippen molar-refractivity contribution in [2.24, 2.45) is 5.92 Å². The summed E-state index contributed by atoms with van der Waals surface area (Å²) in [6.07, 6.45) is 1.49. The zero-order valence-corrected chi connectivity index (χ0v) is 11.0. The van der Waals surface area contributed by atoms with Crippen molar-refractivity contribution in [1.29, 1.82) is 0 Å². The second-order valence-electron chi connectivity index (χ2n) is 4.21. The minimum absolute atomic E-state index is 0.0135. The summed E-state index contributed by atoms with van der Waals surface area (Å²) in [5.74, 6) is 0.791. The van der Waals surface area contributed by atoms with Gasteiger partial charge in [0.25, 0.3) is 5.91 Å². The highest BCUT2D eigenvalue weighted by atomic mass is 35.5. The molecule has 0 saturated heterocycles. The van der Waals surface area contributed by atoms with Crippen LogP contribution in [0.25, 0.3) is 0 Å². The Morgan fingerprint density at radius 2 is 2.18 bits per heavy atom. The van der Waals surface area contributed by atoms with Crippen LogP contribution < -0.4 is 10.1 Å². The number of pyridine rings is 1. The van der Waals surface area contributed by atoms with E-state index in [9.17, 15) is 4.79 Å². The molecule has 94 valence electrons. The number of rotatable bonds is 5. The predicted octanol–water partition coefficient (Wildman–Crippen LogP) is 2.27. The highest BCUT2D eigenvalue weighted by Crippen LogP contribution is 2.11. The first kappa shape index (κ1) is 13.8. The fourth-order valence-corrected chi connectivity index (χ4v) is 1.17. The summed E-state index contributed by atoms with van der Waals surface area (Å²) in [6, 6.07) is 3.43. The van der Waals surface area contributed by atoms with Gasteiger partial charge in [-0.2, -0.15) is 0 Å². The molecule has 0 saturated carbocycles. The number of carbonyl (C=O) groups excluding carboxylic acids is 1. The van der Waals surface area contributed by atoms with E-state index in [2.05, 4.69) is 24.1 Å². The Kier molecular flexibility index (Phi) is 5.22. The predicted molar refractivity (Wildman–Crippen MR) is 67.2 cm³/mol. The van der Waals surface area contributed by atoms with Gasteiger partial charge >= 0.3 is 0 Å². The van der Waals surface area contributed by atoms with Crippen molar-refractivity contribution in [2.45, 2.75) is 26.8 Å². The van der Waals surface area contributed by atoms with E-state index >= 15 is 0 Å². The van der Waals surface area contributed by atoms with Gasteiger partial charge in [-0.05, 0) is 25.0 Å². The molecule has 1 aromatic rings. The van der Waals surface area contributed by atoms with Crippen molar-refractivity contribution >= 4 is 17.5 Å². The fraction of sp³-hybridized carbons (Fsp3) is 0.500. The third-order valence-corrected chi connectivity index (χ3v) is 2.68. The van der Waals surface area contributed by atoms with Gasteiger partial charge in [-0.3, -0.25) is 4.79 Å². The van der Waals surface area contributed by atoms with E-state index in [1.54, 1.807) is 12.1 Å². The molecule has 0 bridgehead atoms. The van der Waals surface area contributed by atoms with Crippen LogP contribution in [0.5, 0.6) is 5.75 Å². The molecule has 1 N–H and O–H groups in total. The quantitative estimate of drug-likeness (QED) is 0.823. The average Bonchev–Trinajstić information content (AvgIpc) is 2.28. The van der Waals surface area contributed by atoms with E-state index in [-0.39, 0.29) is 18.6 Å². The first-order chi connectivity index (χ1) is 7.99. The molecule has 0 spiro atoms. The zero-order valence-electron chi connectivity index (χ0n) is 10.2. The topological polar surface area (TPSA) is 51.2 Å². The van der Waals surface area contributed by atoms with E-state index < -0.39 is 0 Å². The van der Waals surface area contributed by atoms with E-state index in [0.717, 1.165) is 0 Å². The lowest BCUT2D eigenvalue weighted by atomic mass is 10.1. The highest BCUT2D eigenvalue weighted by Gasteiger charge is 2.10. The summed E-state index contributed by atoms with van der Waals surface area (Å²) in [7, 11) is 0. The van der Waals surface area contributed by atoms with Gasteiger partial charge in [0.05, 0.1) is 6.20 Å². The number of halogens is 1. The Morgan fingerprint density at radius 3 is 2.71 bits per heavy atom. The maximum Gasteiger partial charge on any atom is 0.258 e. The summed E-state index contributed by atoms with van der Waals surface area (Å²) < 4.78 is 5.27. The maximum atomic E-state index is 11.5. The van der Waals surface area contributed by atoms with Gasteiger partial charge < -0.3 is 10.1 Å². The summed E-state index contributed by atoms with van der Waals surface area (Å²) >= 11 is 5.63. The molecule has 1 amide bonds. The first-order valence-corrected chi connectivity index (χ1v) is 5.90. The Morgan fingerprint density at radius 1 is 1.47 bits per heavy atom. The molecule has 1 rings (SSSR count). The standard InChI is InChI=1S/C12H17ClN2O2/c1-8(2)9(3)15-12(16)7-17-10-4-5-11(13)14-6-10/h4-6,8-9H,7H2,1-3H3,(H,15,16). The van der Waals surface area contributed by atoms with Crippen LogP contribution in [-0.2, 0) is 4.79 Å². The summed E-state index contributed by atoms with van der Waals surface area (Å²) in [5, 5.41) is 3.25. The molecule has 1 heterocycles. The fourth-order valence-electron chi connectivity index (χ4n) is 1.06. The monoisotopic (exact) mass is 256 g/mol. The molecule has 0 aliphatic heterocycles. The second-order valence-corrected chi connectivity index (χ2v) is 4.59. The van der Waals surface area contributed by atoms with Gasteiger partial charge in [-0.1, -0.05) is 25.4 Å². The van der Waals surface area contributed by atoms with Crippen molar-refractivity contribution in [1.82, 2.24) is 10.3 Å². The Labute approximate surface area is 106 Å². The Balaban J connectivity index is 2.35. The maximum absolute atomic E-state index is 11.5. The molecule has 0 aromatic carbocycles. The van der Waals surface area contributed by atoms with Crippen LogP contribution in [-0.4, -0.2) is 23.5 Å². The van der Waals surface area contributed by atoms with Crippen LogP contribution in [0, 0.1) is 5.92 Å². The lowest BCUT2D eigenvalue weighted by molar-refractivity contribution is -0.124. The van der Waals surface area contributed by atoms with Crippen LogP contribution in [0.3, 0.4) is 0 Å². The van der Waals surface area contributed by atoms with E-state index in [0.29, 0.717) is 16.8 Å². The molecule has 4 nitrogen and oxygen atoms in total. The van der Waals surface area contributed by atoms with Gasteiger partial charge in [0.1, 0.15) is 10.9 Å². The first-order valence-electron chi connectivity index (χ1n) is 5.52. The lowest BCUT2D eigenvalue weighted by Crippen LogP contribution is -2.38. The minimum atomic E-state index is -0.138. The molecule has 1 aromatic heterocycles. The smallest absolute Gasteiger partial charge is 0.258 e. The third kappa shape index (κ3) is 5.04. The van der Waals surface area contributed by atoms with E-state index in [1.165, 1.54) is 6.20 Å². The van der Waals surface area contributed by atoms with Crippen LogP contribution >= 0.6 is 11.6 Å². The van der Waals surface area contributed by atoms with Crippen molar-refractivity contribution in [3.05, 3.63) is 23.5 Å². The number of hydrogen-bond acceptors (Lipinski definition) is 3. The summed E-state index contributed by atoms with van der Waals surface area (Å²) in [5.41, 5.74) is 0. The Bertz CT molecular complexity index is 365. The number of nitrogens with zero attached hydrogens (tertiary/aromatic N) is 1.